The van der Waals surface area contributed by atoms with Crippen molar-refractivity contribution in [3.8, 4) is 0 Å². The van der Waals surface area contributed by atoms with Gasteiger partial charge < -0.3 is 5.11 Å². The lowest BCUT2D eigenvalue weighted by Crippen LogP contribution is -2.29. The van der Waals surface area contributed by atoms with Crippen LogP contribution < -0.4 is 4.90 Å². The first-order valence-corrected chi connectivity index (χ1v) is 10.8. The fourth-order valence-electron chi connectivity index (χ4n) is 3.63. The van der Waals surface area contributed by atoms with E-state index in [4.69, 9.17) is 11.6 Å². The normalized spacial score (nSPS) is 17.8. The molecule has 1 fully saturated rings. The fraction of sp³-hybridized carbons (Fsp3) is 0.0435. The number of halogens is 3. The molecule has 3 heterocycles. The van der Waals surface area contributed by atoms with Crippen molar-refractivity contribution in [2.45, 2.75) is 6.04 Å². The van der Waals surface area contributed by atoms with Crippen LogP contribution >= 0.6 is 22.9 Å². The van der Waals surface area contributed by atoms with Crippen LogP contribution in [0.4, 0.5) is 13.9 Å². The zero-order chi connectivity index (χ0) is 23.3. The molecule has 1 aliphatic rings. The van der Waals surface area contributed by atoms with E-state index in [1.54, 1.807) is 18.2 Å². The number of nitrogens with zero attached hydrogens (tertiary/aromatic N) is 3. The van der Waals surface area contributed by atoms with Crippen molar-refractivity contribution in [1.29, 1.82) is 0 Å². The highest BCUT2D eigenvalue weighted by atomic mass is 35.5. The van der Waals surface area contributed by atoms with Gasteiger partial charge in [-0.25, -0.2) is 13.8 Å². The molecule has 0 aliphatic carbocycles. The highest BCUT2D eigenvalue weighted by Gasteiger charge is 2.48. The zero-order valence-electron chi connectivity index (χ0n) is 16.5. The van der Waals surface area contributed by atoms with Crippen molar-refractivity contribution in [2.24, 2.45) is 0 Å². The average Bonchev–Trinajstić information content (AvgIpc) is 3.32. The Hall–Kier alpha value is -3.69. The largest absolute Gasteiger partial charge is 0.507 e. The van der Waals surface area contributed by atoms with Crippen LogP contribution in [-0.2, 0) is 9.59 Å². The predicted octanol–water partition coefficient (Wildman–Crippen LogP) is 5.25. The Morgan fingerprint density at radius 1 is 1.09 bits per heavy atom. The lowest BCUT2D eigenvalue weighted by Gasteiger charge is -2.21. The summed E-state index contributed by atoms with van der Waals surface area (Å²) in [5.74, 6) is -3.51. The molecule has 4 aromatic rings. The highest BCUT2D eigenvalue weighted by molar-refractivity contribution is 7.22. The molecule has 164 valence electrons. The monoisotopic (exact) mass is 483 g/mol. The average molecular weight is 484 g/mol. The Balaban J connectivity index is 1.72. The van der Waals surface area contributed by atoms with Gasteiger partial charge in [-0.3, -0.25) is 19.5 Å². The second-order valence-corrected chi connectivity index (χ2v) is 8.58. The molecule has 1 unspecified atom stereocenters. The van der Waals surface area contributed by atoms with E-state index in [9.17, 15) is 23.5 Å². The Labute approximate surface area is 194 Å². The van der Waals surface area contributed by atoms with Gasteiger partial charge in [0.1, 0.15) is 23.4 Å². The van der Waals surface area contributed by atoms with Gasteiger partial charge in [-0.1, -0.05) is 29.0 Å². The summed E-state index contributed by atoms with van der Waals surface area (Å²) in [5.41, 5.74) is 0.604. The first kappa shape index (κ1) is 21.2. The lowest BCUT2D eigenvalue weighted by atomic mass is 9.98. The molecule has 0 radical (unpaired) electrons. The number of hydrogen-bond donors (Lipinski definition) is 1. The number of ketones is 1. The van der Waals surface area contributed by atoms with Crippen molar-refractivity contribution in [3.05, 3.63) is 94.3 Å². The minimum atomic E-state index is -1.10. The molecule has 2 aromatic heterocycles. The first-order chi connectivity index (χ1) is 15.8. The second-order valence-electron chi connectivity index (χ2n) is 7.16. The molecule has 6 nitrogen and oxygen atoms in total. The number of rotatable bonds is 3. The van der Waals surface area contributed by atoms with E-state index in [1.807, 2.05) is 0 Å². The fourth-order valence-corrected chi connectivity index (χ4v) is 4.78. The molecule has 1 N–H and O–H groups in total. The number of carbonyl (C=O) groups is 2. The number of amides is 1. The Morgan fingerprint density at radius 2 is 1.85 bits per heavy atom. The third-order valence-electron chi connectivity index (χ3n) is 5.16. The first-order valence-electron chi connectivity index (χ1n) is 9.58. The van der Waals surface area contributed by atoms with Gasteiger partial charge in [0.2, 0.25) is 0 Å². The van der Waals surface area contributed by atoms with E-state index in [-0.39, 0.29) is 21.3 Å². The van der Waals surface area contributed by atoms with E-state index >= 15 is 0 Å². The molecule has 1 atom stereocenters. The van der Waals surface area contributed by atoms with Crippen LogP contribution in [0.25, 0.3) is 16.0 Å². The Bertz CT molecular complexity index is 1420. The number of carbonyl (C=O) groups excluding carboxylic acids is 2. The number of thiazole rings is 1. The van der Waals surface area contributed by atoms with Crippen molar-refractivity contribution >= 4 is 55.7 Å². The lowest BCUT2D eigenvalue weighted by molar-refractivity contribution is -0.132. The number of pyridine rings is 1. The van der Waals surface area contributed by atoms with Gasteiger partial charge in [-0.15, -0.1) is 0 Å². The summed E-state index contributed by atoms with van der Waals surface area (Å²) >= 11 is 6.85. The summed E-state index contributed by atoms with van der Waals surface area (Å²) < 4.78 is 27.7. The van der Waals surface area contributed by atoms with Gasteiger partial charge in [-0.2, -0.15) is 0 Å². The van der Waals surface area contributed by atoms with Crippen molar-refractivity contribution < 1.29 is 23.5 Å². The Kier molecular flexibility index (Phi) is 5.15. The van der Waals surface area contributed by atoms with E-state index in [2.05, 4.69) is 9.97 Å². The van der Waals surface area contributed by atoms with Crippen LogP contribution in [0.2, 0.25) is 5.02 Å². The summed E-state index contributed by atoms with van der Waals surface area (Å²) in [4.78, 5) is 35.9. The zero-order valence-corrected chi connectivity index (χ0v) is 18.1. The maximum atomic E-state index is 13.9. The predicted molar refractivity (Wildman–Crippen MR) is 120 cm³/mol. The number of anilines is 1. The molecular formula is C23H12ClF2N3O3S. The molecule has 1 aliphatic heterocycles. The summed E-state index contributed by atoms with van der Waals surface area (Å²) in [5, 5.41) is 10.9. The van der Waals surface area contributed by atoms with E-state index < -0.39 is 35.1 Å². The highest BCUT2D eigenvalue weighted by Crippen LogP contribution is 2.44. The van der Waals surface area contributed by atoms with Crippen molar-refractivity contribution in [3.63, 3.8) is 0 Å². The smallest absolute Gasteiger partial charge is 0.301 e. The molecule has 33 heavy (non-hydrogen) atoms. The maximum Gasteiger partial charge on any atom is 0.301 e. The molecular weight excluding hydrogens is 472 g/mol. The van der Waals surface area contributed by atoms with Crippen molar-refractivity contribution in [1.82, 2.24) is 9.97 Å². The number of hydrogen-bond acceptors (Lipinski definition) is 6. The SMILES string of the molecule is O=C1C(=O)N(c2nc3cc(Cl)c(F)cc3s2)C(c2ccccn2)/C1=C(\O)c1ccc(F)cc1. The molecule has 2 aromatic carbocycles. The van der Waals surface area contributed by atoms with Gasteiger partial charge in [0.15, 0.2) is 5.13 Å². The number of aliphatic hydroxyl groups is 1. The van der Waals surface area contributed by atoms with Crippen LogP contribution in [0.15, 0.2) is 66.4 Å². The van der Waals surface area contributed by atoms with Gasteiger partial charge in [-0.05, 0) is 48.5 Å². The summed E-state index contributed by atoms with van der Waals surface area (Å²) in [6, 6.07) is 11.2. The number of Topliss-reactive ketones (excluding diaryl/α,β-unsaturated/α-hetero) is 1. The molecule has 0 spiro atoms. The van der Waals surface area contributed by atoms with Crippen LogP contribution in [0, 0.1) is 11.6 Å². The van der Waals surface area contributed by atoms with E-state index in [0.29, 0.717) is 15.9 Å². The molecule has 5 rings (SSSR count). The van der Waals surface area contributed by atoms with E-state index in [0.717, 1.165) is 28.4 Å². The maximum absolute atomic E-state index is 13.9. The van der Waals surface area contributed by atoms with Crippen LogP contribution in [0.3, 0.4) is 0 Å². The number of aromatic nitrogens is 2. The third-order valence-corrected chi connectivity index (χ3v) is 6.46. The minimum Gasteiger partial charge on any atom is -0.507 e. The van der Waals surface area contributed by atoms with Crippen LogP contribution in [0.1, 0.15) is 17.3 Å². The van der Waals surface area contributed by atoms with Gasteiger partial charge in [0.25, 0.3) is 5.78 Å². The second kappa shape index (κ2) is 8.02. The molecule has 10 heteroatoms. The standard InChI is InChI=1S/C23H12ClF2N3O3S/c24-13-9-16-17(10-14(13)26)33-23(28-16)29-19(15-3-1-2-8-27-15)18(21(31)22(29)32)20(30)11-4-6-12(25)7-5-11/h1-10,19,30H/b20-18+. The molecule has 0 saturated carbocycles. The van der Waals surface area contributed by atoms with Crippen LogP contribution in [0.5, 0.6) is 0 Å². The number of benzene rings is 2. The molecule has 0 bridgehead atoms. The summed E-state index contributed by atoms with van der Waals surface area (Å²) in [7, 11) is 0. The minimum absolute atomic E-state index is 0.113. The quantitative estimate of drug-likeness (QED) is 0.244. The van der Waals surface area contributed by atoms with E-state index in [1.165, 1.54) is 30.5 Å². The number of aliphatic hydroxyl groups excluding tert-OH is 1. The van der Waals surface area contributed by atoms with Crippen LogP contribution in [-0.4, -0.2) is 26.8 Å². The molecule has 1 saturated heterocycles. The van der Waals surface area contributed by atoms with Gasteiger partial charge >= 0.3 is 5.91 Å². The molecule has 1 amide bonds. The summed E-state index contributed by atoms with van der Waals surface area (Å²) in [6.45, 7) is 0. The third kappa shape index (κ3) is 3.55. The topological polar surface area (TPSA) is 83.4 Å². The Morgan fingerprint density at radius 3 is 2.55 bits per heavy atom. The summed E-state index contributed by atoms with van der Waals surface area (Å²) in [6.07, 6.45) is 1.49. The van der Waals surface area contributed by atoms with Crippen molar-refractivity contribution in [2.75, 3.05) is 4.90 Å². The number of fused-ring (bicyclic) bond motifs is 1. The van der Waals surface area contributed by atoms with Gasteiger partial charge in [0.05, 0.1) is 26.5 Å². The van der Waals surface area contributed by atoms with Gasteiger partial charge in [0, 0.05) is 11.8 Å².